The van der Waals surface area contributed by atoms with Crippen LogP contribution in [-0.2, 0) is 4.74 Å². The molecule has 0 spiro atoms. The number of nitrogens with two attached hydrogens (primary N) is 1. The van der Waals surface area contributed by atoms with Gasteiger partial charge in [-0.25, -0.2) is 0 Å². The smallest absolute Gasteiger partial charge is 0.257 e. The summed E-state index contributed by atoms with van der Waals surface area (Å²) in [7, 11) is 3.18. The van der Waals surface area contributed by atoms with Gasteiger partial charge in [-0.3, -0.25) is 4.79 Å². The summed E-state index contributed by atoms with van der Waals surface area (Å²) in [6.45, 7) is 2.50. The van der Waals surface area contributed by atoms with E-state index in [0.717, 1.165) is 0 Å². The first-order valence-electron chi connectivity index (χ1n) is 4.82. The SMILES string of the molecule is CNC(=O)c1c(N)nsc1NC(C)COC. The number of ether oxygens (including phenoxy) is 1. The van der Waals surface area contributed by atoms with Crippen LogP contribution in [0.3, 0.4) is 0 Å². The summed E-state index contributed by atoms with van der Waals surface area (Å²) in [6.07, 6.45) is 0. The number of methoxy groups -OCH3 is 1. The molecule has 0 saturated heterocycles. The fraction of sp³-hybridized carbons (Fsp3) is 0.556. The molecule has 6 nitrogen and oxygen atoms in total. The number of aromatic nitrogens is 1. The number of carbonyl (C=O) groups excluding carboxylic acids is 1. The number of nitrogens with one attached hydrogen (secondary N) is 2. The number of hydrogen-bond donors (Lipinski definition) is 3. The van der Waals surface area contributed by atoms with E-state index < -0.39 is 0 Å². The summed E-state index contributed by atoms with van der Waals surface area (Å²) in [5.74, 6) is 0.00911. The summed E-state index contributed by atoms with van der Waals surface area (Å²) >= 11 is 1.17. The Morgan fingerprint density at radius 1 is 1.69 bits per heavy atom. The number of nitrogens with zero attached hydrogens (tertiary/aromatic N) is 1. The maximum absolute atomic E-state index is 11.6. The van der Waals surface area contributed by atoms with Gasteiger partial charge < -0.3 is 21.1 Å². The Morgan fingerprint density at radius 2 is 2.38 bits per heavy atom. The van der Waals surface area contributed by atoms with Crippen molar-refractivity contribution in [3.8, 4) is 0 Å². The summed E-state index contributed by atoms with van der Waals surface area (Å²) in [5, 5.41) is 6.34. The van der Waals surface area contributed by atoms with Crippen molar-refractivity contribution >= 4 is 28.3 Å². The third kappa shape index (κ3) is 2.83. The molecule has 0 saturated carbocycles. The van der Waals surface area contributed by atoms with Gasteiger partial charge >= 0.3 is 0 Å². The number of nitrogen functional groups attached to an aromatic ring is 1. The Morgan fingerprint density at radius 3 is 2.94 bits per heavy atom. The van der Waals surface area contributed by atoms with Crippen molar-refractivity contribution in [3.05, 3.63) is 5.56 Å². The second kappa shape index (κ2) is 5.66. The molecular weight excluding hydrogens is 228 g/mol. The molecule has 90 valence electrons. The Bertz CT molecular complexity index is 366. The van der Waals surface area contributed by atoms with Crippen LogP contribution in [-0.4, -0.2) is 37.1 Å². The Balaban J connectivity index is 2.84. The summed E-state index contributed by atoms with van der Waals surface area (Å²) in [5.41, 5.74) is 6.03. The largest absolute Gasteiger partial charge is 0.383 e. The highest BCUT2D eigenvalue weighted by atomic mass is 32.1. The molecule has 0 radical (unpaired) electrons. The topological polar surface area (TPSA) is 89.3 Å². The van der Waals surface area contributed by atoms with Gasteiger partial charge in [0, 0.05) is 20.2 Å². The van der Waals surface area contributed by atoms with Crippen molar-refractivity contribution in [2.45, 2.75) is 13.0 Å². The van der Waals surface area contributed by atoms with E-state index in [1.54, 1.807) is 14.2 Å². The molecule has 1 atom stereocenters. The zero-order valence-corrected chi connectivity index (χ0v) is 10.4. The van der Waals surface area contributed by atoms with Gasteiger partial charge in [-0.05, 0) is 18.5 Å². The van der Waals surface area contributed by atoms with Crippen LogP contribution in [0.4, 0.5) is 10.8 Å². The monoisotopic (exact) mass is 244 g/mol. The Kier molecular flexibility index (Phi) is 4.51. The number of carbonyl (C=O) groups is 1. The van der Waals surface area contributed by atoms with Gasteiger partial charge in [0.1, 0.15) is 10.6 Å². The van der Waals surface area contributed by atoms with E-state index >= 15 is 0 Å². The molecular formula is C9H16N4O2S. The van der Waals surface area contributed by atoms with Crippen LogP contribution in [0, 0.1) is 0 Å². The fourth-order valence-corrected chi connectivity index (χ4v) is 2.08. The Hall–Kier alpha value is -1.34. The predicted octanol–water partition coefficient (Wildman–Crippen LogP) is 0.532. The van der Waals surface area contributed by atoms with Gasteiger partial charge in [0.25, 0.3) is 5.91 Å². The molecule has 1 unspecified atom stereocenters. The van der Waals surface area contributed by atoms with E-state index in [9.17, 15) is 4.79 Å². The van der Waals surface area contributed by atoms with Crippen LogP contribution in [0.25, 0.3) is 0 Å². The third-order valence-electron chi connectivity index (χ3n) is 1.97. The van der Waals surface area contributed by atoms with Gasteiger partial charge in [0.05, 0.1) is 6.61 Å². The van der Waals surface area contributed by atoms with Gasteiger partial charge in [0.15, 0.2) is 5.82 Å². The highest BCUT2D eigenvalue weighted by Gasteiger charge is 2.19. The minimum atomic E-state index is -0.238. The quantitative estimate of drug-likeness (QED) is 0.703. The lowest BCUT2D eigenvalue weighted by molar-refractivity contribution is 0.0965. The molecule has 0 aliphatic heterocycles. The van der Waals surface area contributed by atoms with Crippen LogP contribution < -0.4 is 16.4 Å². The van der Waals surface area contributed by atoms with Gasteiger partial charge in [0.2, 0.25) is 0 Å². The number of hydrogen-bond acceptors (Lipinski definition) is 6. The van der Waals surface area contributed by atoms with Gasteiger partial charge in [-0.15, -0.1) is 0 Å². The second-order valence-corrected chi connectivity index (χ2v) is 4.13. The average molecular weight is 244 g/mol. The van der Waals surface area contributed by atoms with Crippen molar-refractivity contribution < 1.29 is 9.53 Å². The van der Waals surface area contributed by atoms with Crippen molar-refractivity contribution in [1.29, 1.82) is 0 Å². The third-order valence-corrected chi connectivity index (χ3v) is 2.76. The number of rotatable bonds is 5. The zero-order chi connectivity index (χ0) is 12.1. The average Bonchev–Trinajstić information content (AvgIpc) is 2.59. The highest BCUT2D eigenvalue weighted by molar-refractivity contribution is 7.11. The second-order valence-electron chi connectivity index (χ2n) is 3.35. The molecule has 0 aliphatic carbocycles. The van der Waals surface area contributed by atoms with Crippen molar-refractivity contribution in [1.82, 2.24) is 9.69 Å². The molecule has 16 heavy (non-hydrogen) atoms. The lowest BCUT2D eigenvalue weighted by Gasteiger charge is -2.13. The summed E-state index contributed by atoms with van der Waals surface area (Å²) in [4.78, 5) is 11.6. The number of amides is 1. The molecule has 1 heterocycles. The molecule has 0 bridgehead atoms. The van der Waals surface area contributed by atoms with E-state index in [0.29, 0.717) is 17.2 Å². The minimum Gasteiger partial charge on any atom is -0.383 e. The standard InChI is InChI=1S/C9H16N4O2S/c1-5(4-15-3)12-9-6(8(14)11-2)7(10)13-16-9/h5,12H,4H2,1-3H3,(H2,10,13)(H,11,14). The van der Waals surface area contributed by atoms with Crippen molar-refractivity contribution in [2.75, 3.05) is 31.8 Å². The van der Waals surface area contributed by atoms with Crippen LogP contribution in [0.2, 0.25) is 0 Å². The summed E-state index contributed by atoms with van der Waals surface area (Å²) < 4.78 is 8.95. The first-order chi connectivity index (χ1) is 7.60. The first-order valence-corrected chi connectivity index (χ1v) is 5.60. The lowest BCUT2D eigenvalue weighted by Crippen LogP contribution is -2.24. The molecule has 0 fully saturated rings. The molecule has 4 N–H and O–H groups in total. The van der Waals surface area contributed by atoms with Crippen LogP contribution in [0.5, 0.6) is 0 Å². The van der Waals surface area contributed by atoms with Gasteiger partial charge in [-0.1, -0.05) is 0 Å². The summed E-state index contributed by atoms with van der Waals surface area (Å²) in [6, 6.07) is 0.0910. The van der Waals surface area contributed by atoms with Crippen LogP contribution in [0.1, 0.15) is 17.3 Å². The molecule has 0 aliphatic rings. The van der Waals surface area contributed by atoms with E-state index in [1.165, 1.54) is 11.5 Å². The Labute approximate surface area is 98.3 Å². The van der Waals surface area contributed by atoms with Crippen molar-refractivity contribution in [3.63, 3.8) is 0 Å². The molecule has 1 aromatic heterocycles. The maximum Gasteiger partial charge on any atom is 0.257 e. The molecule has 1 aromatic rings. The van der Waals surface area contributed by atoms with Crippen LogP contribution in [0.15, 0.2) is 0 Å². The fourth-order valence-electron chi connectivity index (χ4n) is 1.26. The number of anilines is 2. The predicted molar refractivity (Wildman–Crippen MR) is 64.9 cm³/mol. The zero-order valence-electron chi connectivity index (χ0n) is 9.53. The van der Waals surface area contributed by atoms with E-state index in [2.05, 4.69) is 15.0 Å². The van der Waals surface area contributed by atoms with Crippen molar-refractivity contribution in [2.24, 2.45) is 0 Å². The lowest BCUT2D eigenvalue weighted by atomic mass is 10.2. The molecule has 7 heteroatoms. The minimum absolute atomic E-state index is 0.0910. The van der Waals surface area contributed by atoms with E-state index in [-0.39, 0.29) is 17.8 Å². The molecule has 1 rings (SSSR count). The van der Waals surface area contributed by atoms with Gasteiger partial charge in [-0.2, -0.15) is 4.37 Å². The first kappa shape index (κ1) is 12.7. The van der Waals surface area contributed by atoms with E-state index in [1.807, 2.05) is 6.92 Å². The highest BCUT2D eigenvalue weighted by Crippen LogP contribution is 2.27. The molecule has 0 aromatic carbocycles. The maximum atomic E-state index is 11.6. The van der Waals surface area contributed by atoms with Crippen LogP contribution >= 0.6 is 11.5 Å². The normalized spacial score (nSPS) is 12.2. The molecule has 1 amide bonds. The van der Waals surface area contributed by atoms with E-state index in [4.69, 9.17) is 10.5 Å².